The number of nitrogens with zero attached hydrogens (tertiary/aromatic N) is 4. The van der Waals surface area contributed by atoms with E-state index in [2.05, 4.69) is 36.2 Å². The molecule has 8 heteroatoms. The first-order valence-electron chi connectivity index (χ1n) is 12.8. The standard InChI is InChI=1S/C31H30N4O2S2/c1-3-38-31-33-32-30(35(31)28-18-14-24(2)15-19-28)27-16-20-29(21-17-27)39(36,37)34(22-25-10-6-4-7-11-25)23-26-12-8-5-9-13-26/h4-21H,3,22-23H2,1-2H3. The van der Waals surface area contributed by atoms with Crippen molar-refractivity contribution in [3.05, 3.63) is 126 Å². The van der Waals surface area contributed by atoms with Gasteiger partial charge in [0, 0.05) is 24.3 Å². The lowest BCUT2D eigenvalue weighted by Gasteiger charge is -2.23. The third-order valence-electron chi connectivity index (χ3n) is 6.35. The molecule has 0 spiro atoms. The molecule has 5 rings (SSSR count). The van der Waals surface area contributed by atoms with Crippen molar-refractivity contribution >= 4 is 21.8 Å². The maximum Gasteiger partial charge on any atom is 0.243 e. The molecule has 0 radical (unpaired) electrons. The molecular weight excluding hydrogens is 525 g/mol. The molecule has 0 aliphatic heterocycles. The Morgan fingerprint density at radius 1 is 0.744 bits per heavy atom. The highest BCUT2D eigenvalue weighted by Gasteiger charge is 2.26. The van der Waals surface area contributed by atoms with Gasteiger partial charge >= 0.3 is 0 Å². The molecule has 0 fully saturated rings. The van der Waals surface area contributed by atoms with Crippen LogP contribution in [0.4, 0.5) is 0 Å². The van der Waals surface area contributed by atoms with E-state index >= 15 is 0 Å². The lowest BCUT2D eigenvalue weighted by Crippen LogP contribution is -2.30. The average Bonchev–Trinajstić information content (AvgIpc) is 3.38. The Labute approximate surface area is 234 Å². The van der Waals surface area contributed by atoms with Crippen LogP contribution in [0.3, 0.4) is 0 Å². The van der Waals surface area contributed by atoms with E-state index in [9.17, 15) is 8.42 Å². The van der Waals surface area contributed by atoms with Gasteiger partial charge in [-0.25, -0.2) is 8.42 Å². The Kier molecular flexibility index (Phi) is 8.26. The molecule has 5 aromatic rings. The molecular formula is C31H30N4O2S2. The van der Waals surface area contributed by atoms with Crippen molar-refractivity contribution in [1.82, 2.24) is 19.1 Å². The van der Waals surface area contributed by atoms with Crippen molar-refractivity contribution in [1.29, 1.82) is 0 Å². The normalized spacial score (nSPS) is 11.7. The number of hydrogen-bond donors (Lipinski definition) is 0. The minimum atomic E-state index is -3.78. The summed E-state index contributed by atoms with van der Waals surface area (Å²) in [4.78, 5) is 0.239. The van der Waals surface area contributed by atoms with E-state index in [1.807, 2.05) is 89.5 Å². The summed E-state index contributed by atoms with van der Waals surface area (Å²) in [5.41, 5.74) is 4.79. The second-order valence-corrected chi connectivity index (χ2v) is 12.3. The van der Waals surface area contributed by atoms with Crippen LogP contribution in [0.5, 0.6) is 0 Å². The number of hydrogen-bond acceptors (Lipinski definition) is 5. The third-order valence-corrected chi connectivity index (χ3v) is 8.97. The molecule has 0 atom stereocenters. The molecule has 0 aliphatic rings. The Hall–Kier alpha value is -3.72. The Morgan fingerprint density at radius 3 is 1.85 bits per heavy atom. The average molecular weight is 555 g/mol. The number of aromatic nitrogens is 3. The summed E-state index contributed by atoms with van der Waals surface area (Å²) in [6.07, 6.45) is 0. The van der Waals surface area contributed by atoms with Crippen LogP contribution < -0.4 is 0 Å². The number of thioether (sulfide) groups is 1. The van der Waals surface area contributed by atoms with Crippen molar-refractivity contribution in [2.45, 2.75) is 37.0 Å². The molecule has 0 amide bonds. The van der Waals surface area contributed by atoms with Gasteiger partial charge in [0.1, 0.15) is 0 Å². The first-order valence-corrected chi connectivity index (χ1v) is 15.2. The minimum absolute atomic E-state index is 0.239. The van der Waals surface area contributed by atoms with E-state index < -0.39 is 10.0 Å². The Balaban J connectivity index is 1.49. The van der Waals surface area contributed by atoms with Crippen molar-refractivity contribution in [2.24, 2.45) is 0 Å². The molecule has 1 heterocycles. The quantitative estimate of drug-likeness (QED) is 0.179. The zero-order valence-corrected chi connectivity index (χ0v) is 23.6. The fourth-order valence-corrected chi connectivity index (χ4v) is 6.43. The lowest BCUT2D eigenvalue weighted by atomic mass is 10.2. The molecule has 0 N–H and O–H groups in total. The fourth-order valence-electron chi connectivity index (χ4n) is 4.33. The van der Waals surface area contributed by atoms with Crippen LogP contribution in [0.1, 0.15) is 23.6 Å². The summed E-state index contributed by atoms with van der Waals surface area (Å²) in [7, 11) is -3.78. The number of rotatable bonds is 10. The number of aryl methyl sites for hydroxylation is 1. The summed E-state index contributed by atoms with van der Waals surface area (Å²) in [6.45, 7) is 4.68. The van der Waals surface area contributed by atoms with E-state index in [0.717, 1.165) is 33.3 Å². The molecule has 0 bridgehead atoms. The smallest absolute Gasteiger partial charge is 0.243 e. The molecule has 4 aromatic carbocycles. The van der Waals surface area contributed by atoms with Gasteiger partial charge < -0.3 is 0 Å². The van der Waals surface area contributed by atoms with E-state index in [1.54, 1.807) is 23.9 Å². The van der Waals surface area contributed by atoms with Crippen LogP contribution in [0.15, 0.2) is 119 Å². The van der Waals surface area contributed by atoms with Gasteiger partial charge in [-0.05, 0) is 60.2 Å². The van der Waals surface area contributed by atoms with Crippen LogP contribution in [0.25, 0.3) is 17.1 Å². The highest BCUT2D eigenvalue weighted by molar-refractivity contribution is 7.99. The maximum atomic E-state index is 13.9. The highest BCUT2D eigenvalue weighted by atomic mass is 32.2. The first-order chi connectivity index (χ1) is 19.0. The predicted octanol–water partition coefficient (Wildman–Crippen LogP) is 6.75. The zero-order chi connectivity index (χ0) is 27.2. The van der Waals surface area contributed by atoms with Gasteiger partial charge in [-0.3, -0.25) is 4.57 Å². The van der Waals surface area contributed by atoms with E-state index in [1.165, 1.54) is 9.87 Å². The van der Waals surface area contributed by atoms with Crippen LogP contribution in [0.2, 0.25) is 0 Å². The molecule has 198 valence electrons. The van der Waals surface area contributed by atoms with Gasteiger partial charge in [-0.2, -0.15) is 4.31 Å². The summed E-state index contributed by atoms with van der Waals surface area (Å²) in [5, 5.41) is 9.69. The van der Waals surface area contributed by atoms with Gasteiger partial charge in [0.25, 0.3) is 0 Å². The van der Waals surface area contributed by atoms with E-state index in [0.29, 0.717) is 5.82 Å². The monoisotopic (exact) mass is 554 g/mol. The lowest BCUT2D eigenvalue weighted by molar-refractivity contribution is 0.401. The predicted molar refractivity (Wildman–Crippen MR) is 157 cm³/mol. The molecule has 1 aromatic heterocycles. The van der Waals surface area contributed by atoms with Gasteiger partial charge in [-0.15, -0.1) is 10.2 Å². The van der Waals surface area contributed by atoms with Crippen molar-refractivity contribution in [3.8, 4) is 17.1 Å². The largest absolute Gasteiger partial charge is 0.270 e. The minimum Gasteiger partial charge on any atom is -0.270 e. The summed E-state index contributed by atoms with van der Waals surface area (Å²) >= 11 is 1.62. The summed E-state index contributed by atoms with van der Waals surface area (Å²) < 4.78 is 31.3. The molecule has 0 unspecified atom stereocenters. The zero-order valence-electron chi connectivity index (χ0n) is 21.9. The second-order valence-electron chi connectivity index (χ2n) is 9.18. The second kappa shape index (κ2) is 12.0. The highest BCUT2D eigenvalue weighted by Crippen LogP contribution is 2.30. The molecule has 6 nitrogen and oxygen atoms in total. The Morgan fingerprint density at radius 2 is 1.31 bits per heavy atom. The van der Waals surface area contributed by atoms with Crippen LogP contribution in [-0.4, -0.2) is 33.2 Å². The van der Waals surface area contributed by atoms with Gasteiger partial charge in [-0.1, -0.05) is 97.0 Å². The SMILES string of the molecule is CCSc1nnc(-c2ccc(S(=O)(=O)N(Cc3ccccc3)Cc3ccccc3)cc2)n1-c1ccc(C)cc1. The summed E-state index contributed by atoms with van der Waals surface area (Å²) in [6, 6.07) is 34.5. The van der Waals surface area contributed by atoms with Gasteiger partial charge in [0.2, 0.25) is 10.0 Å². The molecule has 0 saturated heterocycles. The van der Waals surface area contributed by atoms with Gasteiger partial charge in [0.05, 0.1) is 4.90 Å². The van der Waals surface area contributed by atoms with Crippen LogP contribution >= 0.6 is 11.8 Å². The number of benzene rings is 4. The number of sulfonamides is 1. The first kappa shape index (κ1) is 26.9. The van der Waals surface area contributed by atoms with E-state index in [-0.39, 0.29) is 18.0 Å². The fraction of sp³-hybridized carbons (Fsp3) is 0.161. The van der Waals surface area contributed by atoms with E-state index in [4.69, 9.17) is 0 Å². The van der Waals surface area contributed by atoms with Crippen LogP contribution in [0, 0.1) is 6.92 Å². The topological polar surface area (TPSA) is 68.1 Å². The van der Waals surface area contributed by atoms with Crippen LogP contribution in [-0.2, 0) is 23.1 Å². The van der Waals surface area contributed by atoms with Crippen molar-refractivity contribution < 1.29 is 8.42 Å². The molecule has 0 saturated carbocycles. The third kappa shape index (κ3) is 6.14. The molecule has 39 heavy (non-hydrogen) atoms. The summed E-state index contributed by atoms with van der Waals surface area (Å²) in [5.74, 6) is 1.53. The van der Waals surface area contributed by atoms with Crippen molar-refractivity contribution in [3.63, 3.8) is 0 Å². The maximum absolute atomic E-state index is 13.9. The Bertz CT molecular complexity index is 1580. The molecule has 0 aliphatic carbocycles. The van der Waals surface area contributed by atoms with Crippen molar-refractivity contribution in [2.75, 3.05) is 5.75 Å². The van der Waals surface area contributed by atoms with Gasteiger partial charge in [0.15, 0.2) is 11.0 Å².